The van der Waals surface area contributed by atoms with Gasteiger partial charge in [0.05, 0.1) is 24.5 Å². The number of nitrogens with zero attached hydrogens (tertiary/aromatic N) is 3. The van der Waals surface area contributed by atoms with Crippen LogP contribution in [0.25, 0.3) is 11.3 Å². The number of oxime groups is 1. The lowest BCUT2D eigenvalue weighted by molar-refractivity contribution is -0.274. The van der Waals surface area contributed by atoms with E-state index in [1.165, 1.54) is 24.3 Å². The molecule has 0 saturated heterocycles. The first-order chi connectivity index (χ1) is 13.5. The third-order valence-corrected chi connectivity index (χ3v) is 3.89. The smallest absolute Gasteiger partial charge is 0.438 e. The zero-order valence-corrected chi connectivity index (χ0v) is 14.2. The molecule has 0 fully saturated rings. The van der Waals surface area contributed by atoms with Gasteiger partial charge in [-0.05, 0) is 29.8 Å². The molecule has 1 aromatic carbocycles. The van der Waals surface area contributed by atoms with Gasteiger partial charge in [-0.25, -0.2) is 0 Å². The first kappa shape index (κ1) is 17.8. The Hall–Kier alpha value is -3.56. The van der Waals surface area contributed by atoms with Crippen molar-refractivity contribution in [3.63, 3.8) is 0 Å². The van der Waals surface area contributed by atoms with Gasteiger partial charge in [-0.15, -0.1) is 13.2 Å². The van der Waals surface area contributed by atoms with Crippen molar-refractivity contribution in [1.82, 2.24) is 15.2 Å². The summed E-state index contributed by atoms with van der Waals surface area (Å²) in [5.74, 6) is 0.540. The van der Waals surface area contributed by atoms with Crippen molar-refractivity contribution in [2.45, 2.75) is 18.9 Å². The van der Waals surface area contributed by atoms with Crippen molar-refractivity contribution in [3.8, 4) is 22.8 Å². The van der Waals surface area contributed by atoms with Crippen LogP contribution in [0.4, 0.5) is 13.2 Å². The van der Waals surface area contributed by atoms with Crippen LogP contribution < -0.4 is 9.47 Å². The summed E-state index contributed by atoms with van der Waals surface area (Å²) in [5.41, 5.74) is 2.25. The topological polar surface area (TPSA) is 81.6 Å². The van der Waals surface area contributed by atoms with Crippen LogP contribution in [0.2, 0.25) is 0 Å². The molecule has 0 spiro atoms. The van der Waals surface area contributed by atoms with Gasteiger partial charge in [-0.3, -0.25) is 10.1 Å². The monoisotopic (exact) mass is 390 g/mol. The van der Waals surface area contributed by atoms with Crippen molar-refractivity contribution in [3.05, 3.63) is 60.6 Å². The predicted octanol–water partition coefficient (Wildman–Crippen LogP) is 4.22. The maximum Gasteiger partial charge on any atom is 0.573 e. The van der Waals surface area contributed by atoms with E-state index in [1.807, 2.05) is 0 Å². The summed E-state index contributed by atoms with van der Waals surface area (Å²) in [4.78, 5) is 9.61. The normalized spacial score (nSPS) is 16.4. The predicted molar refractivity (Wildman–Crippen MR) is 91.4 cm³/mol. The maximum atomic E-state index is 12.2. The number of aromatic amines is 1. The van der Waals surface area contributed by atoms with Gasteiger partial charge >= 0.3 is 6.36 Å². The van der Waals surface area contributed by atoms with E-state index in [2.05, 4.69) is 25.1 Å². The van der Waals surface area contributed by atoms with Crippen LogP contribution in [-0.4, -0.2) is 27.4 Å². The van der Waals surface area contributed by atoms with E-state index in [4.69, 9.17) is 9.57 Å². The highest BCUT2D eigenvalue weighted by Crippen LogP contribution is 2.31. The van der Waals surface area contributed by atoms with Gasteiger partial charge in [-0.1, -0.05) is 17.3 Å². The molecule has 0 saturated carbocycles. The summed E-state index contributed by atoms with van der Waals surface area (Å²) in [6.07, 6.45) is 0.107. The molecule has 1 aliphatic heterocycles. The number of aromatic nitrogens is 3. The zero-order valence-electron chi connectivity index (χ0n) is 14.2. The Balaban J connectivity index is 1.35. The van der Waals surface area contributed by atoms with E-state index in [0.717, 1.165) is 11.3 Å². The summed E-state index contributed by atoms with van der Waals surface area (Å²) in [6, 6.07) is 8.96. The van der Waals surface area contributed by atoms with Crippen molar-refractivity contribution in [2.75, 3.05) is 0 Å². The number of H-pyrrole nitrogens is 1. The molecule has 10 heteroatoms. The SMILES string of the molecule is FC(F)(F)Oc1ccc([C@H]2CC(Oc3ccc(-c4cn[nH]c4)nc3)=NO2)cc1. The number of halogens is 3. The van der Waals surface area contributed by atoms with Crippen molar-refractivity contribution in [2.24, 2.45) is 5.16 Å². The number of nitrogens with one attached hydrogen (secondary N) is 1. The summed E-state index contributed by atoms with van der Waals surface area (Å²) in [6.45, 7) is 0. The number of rotatable bonds is 4. The van der Waals surface area contributed by atoms with E-state index >= 15 is 0 Å². The molecule has 1 N–H and O–H groups in total. The minimum Gasteiger partial charge on any atom is -0.438 e. The third kappa shape index (κ3) is 4.22. The highest BCUT2D eigenvalue weighted by Gasteiger charge is 2.31. The maximum absolute atomic E-state index is 12.2. The summed E-state index contributed by atoms with van der Waals surface area (Å²) in [7, 11) is 0. The second kappa shape index (κ2) is 7.22. The molecule has 0 aliphatic carbocycles. The number of ether oxygens (including phenoxy) is 2. The fourth-order valence-electron chi connectivity index (χ4n) is 2.62. The van der Waals surface area contributed by atoms with E-state index in [9.17, 15) is 13.2 Å². The molecule has 144 valence electrons. The molecular weight excluding hydrogens is 377 g/mol. The molecule has 0 unspecified atom stereocenters. The molecule has 4 rings (SSSR count). The van der Waals surface area contributed by atoms with Crippen LogP contribution in [0.3, 0.4) is 0 Å². The lowest BCUT2D eigenvalue weighted by Crippen LogP contribution is -2.17. The number of pyridine rings is 1. The Morgan fingerprint density at radius 1 is 1.04 bits per heavy atom. The van der Waals surface area contributed by atoms with Crippen LogP contribution in [0.5, 0.6) is 11.5 Å². The Bertz CT molecular complexity index is 955. The number of alkyl halides is 3. The highest BCUT2D eigenvalue weighted by atomic mass is 19.4. The van der Waals surface area contributed by atoms with Gasteiger partial charge in [0, 0.05) is 11.8 Å². The van der Waals surface area contributed by atoms with E-state index in [1.54, 1.807) is 30.7 Å². The molecule has 1 aliphatic rings. The lowest BCUT2D eigenvalue weighted by atomic mass is 10.1. The Kier molecular flexibility index (Phi) is 4.60. The summed E-state index contributed by atoms with van der Waals surface area (Å²) >= 11 is 0. The van der Waals surface area contributed by atoms with Crippen molar-refractivity contribution >= 4 is 5.90 Å². The van der Waals surface area contributed by atoms with Gasteiger partial charge in [0.15, 0.2) is 6.10 Å². The first-order valence-corrected chi connectivity index (χ1v) is 8.18. The highest BCUT2D eigenvalue weighted by molar-refractivity contribution is 5.79. The Labute approximate surface area is 156 Å². The fraction of sp³-hybridized carbons (Fsp3) is 0.167. The minimum absolute atomic E-state index is 0.296. The van der Waals surface area contributed by atoms with Crippen LogP contribution >= 0.6 is 0 Å². The van der Waals surface area contributed by atoms with Gasteiger partial charge in [0.1, 0.15) is 11.5 Å². The second-order valence-electron chi connectivity index (χ2n) is 5.87. The zero-order chi connectivity index (χ0) is 19.6. The van der Waals surface area contributed by atoms with Crippen LogP contribution in [0.1, 0.15) is 18.1 Å². The first-order valence-electron chi connectivity index (χ1n) is 8.18. The molecule has 28 heavy (non-hydrogen) atoms. The van der Waals surface area contributed by atoms with Crippen LogP contribution in [-0.2, 0) is 4.84 Å². The molecule has 0 bridgehead atoms. The summed E-state index contributed by atoms with van der Waals surface area (Å²) in [5, 5.41) is 10.5. The molecule has 2 aromatic heterocycles. The average Bonchev–Trinajstić information content (AvgIpc) is 3.34. The molecule has 1 atom stereocenters. The third-order valence-electron chi connectivity index (χ3n) is 3.89. The molecule has 0 amide bonds. The van der Waals surface area contributed by atoms with E-state index in [0.29, 0.717) is 23.6 Å². The van der Waals surface area contributed by atoms with Gasteiger partial charge in [0.2, 0.25) is 5.90 Å². The van der Waals surface area contributed by atoms with Crippen molar-refractivity contribution < 1.29 is 27.5 Å². The summed E-state index contributed by atoms with van der Waals surface area (Å²) < 4.78 is 46.1. The van der Waals surface area contributed by atoms with Crippen LogP contribution in [0.15, 0.2) is 60.1 Å². The molecule has 7 nitrogen and oxygen atoms in total. The number of benzene rings is 1. The molecule has 0 radical (unpaired) electrons. The largest absolute Gasteiger partial charge is 0.573 e. The standard InChI is InChI=1S/C18H13F3N4O3/c19-18(20,21)27-13-3-1-11(2-4-13)16-7-17(25-28-16)26-14-5-6-15(22-10-14)12-8-23-24-9-12/h1-6,8-10,16H,7H2,(H,23,24)/t16-/m1/s1. The Morgan fingerprint density at radius 3 is 2.46 bits per heavy atom. The van der Waals surface area contributed by atoms with Gasteiger partial charge in [0.25, 0.3) is 0 Å². The van der Waals surface area contributed by atoms with Crippen LogP contribution in [0, 0.1) is 0 Å². The van der Waals surface area contributed by atoms with E-state index < -0.39 is 12.5 Å². The van der Waals surface area contributed by atoms with Crippen molar-refractivity contribution in [1.29, 1.82) is 0 Å². The lowest BCUT2D eigenvalue weighted by Gasteiger charge is -2.11. The van der Waals surface area contributed by atoms with E-state index in [-0.39, 0.29) is 5.75 Å². The van der Waals surface area contributed by atoms with Gasteiger partial charge < -0.3 is 14.3 Å². The molecular formula is C18H13F3N4O3. The number of hydrogen-bond acceptors (Lipinski definition) is 6. The Morgan fingerprint density at radius 2 is 1.82 bits per heavy atom. The van der Waals surface area contributed by atoms with Gasteiger partial charge in [-0.2, -0.15) is 5.10 Å². The molecule has 3 aromatic rings. The quantitative estimate of drug-likeness (QED) is 0.721. The average molecular weight is 390 g/mol. The minimum atomic E-state index is -4.73. The number of hydrogen-bond donors (Lipinski definition) is 1. The second-order valence-corrected chi connectivity index (χ2v) is 5.87. The fourth-order valence-corrected chi connectivity index (χ4v) is 2.62. The molecule has 3 heterocycles.